The predicted octanol–water partition coefficient (Wildman–Crippen LogP) is 1.16. The van der Waals surface area contributed by atoms with Gasteiger partial charge in [0.05, 0.1) is 6.54 Å². The number of rotatable bonds is 4. The van der Waals surface area contributed by atoms with E-state index in [0.717, 1.165) is 30.5 Å². The second-order valence-corrected chi connectivity index (χ2v) is 5.45. The summed E-state index contributed by atoms with van der Waals surface area (Å²) in [4.78, 5) is 2.42. The highest BCUT2D eigenvalue weighted by atomic mass is 15.3. The SMILES string of the molecule is CN1CCCC(CNCc2nnc3ccccn23)C1. The quantitative estimate of drug-likeness (QED) is 0.895. The summed E-state index contributed by atoms with van der Waals surface area (Å²) in [6.45, 7) is 4.29. The number of nitrogens with zero attached hydrogens (tertiary/aromatic N) is 4. The number of pyridine rings is 1. The molecule has 0 spiro atoms. The highest BCUT2D eigenvalue weighted by Crippen LogP contribution is 2.14. The molecule has 2 aromatic heterocycles. The number of hydrogen-bond acceptors (Lipinski definition) is 4. The van der Waals surface area contributed by atoms with Gasteiger partial charge < -0.3 is 10.2 Å². The highest BCUT2D eigenvalue weighted by molar-refractivity contribution is 5.36. The van der Waals surface area contributed by atoms with E-state index in [4.69, 9.17) is 0 Å². The Morgan fingerprint density at radius 3 is 3.21 bits per heavy atom. The van der Waals surface area contributed by atoms with E-state index in [-0.39, 0.29) is 0 Å². The number of nitrogens with one attached hydrogen (secondary N) is 1. The summed E-state index contributed by atoms with van der Waals surface area (Å²) in [7, 11) is 2.21. The second-order valence-electron chi connectivity index (χ2n) is 5.45. The summed E-state index contributed by atoms with van der Waals surface area (Å²) in [5.41, 5.74) is 0.914. The van der Waals surface area contributed by atoms with Crippen LogP contribution in [0.1, 0.15) is 18.7 Å². The number of aromatic nitrogens is 3. The van der Waals surface area contributed by atoms with Gasteiger partial charge in [0.25, 0.3) is 0 Å². The standard InChI is InChI=1S/C14H21N5/c1-18-7-4-5-12(11-18)9-15-10-14-17-16-13-6-2-3-8-19(13)14/h2-3,6,8,12,15H,4-5,7,9-11H2,1H3. The molecule has 3 heterocycles. The van der Waals surface area contributed by atoms with Gasteiger partial charge in [-0.1, -0.05) is 6.07 Å². The van der Waals surface area contributed by atoms with Crippen LogP contribution in [-0.4, -0.2) is 46.2 Å². The summed E-state index contributed by atoms with van der Waals surface area (Å²) in [5.74, 6) is 1.75. The molecule has 1 atom stereocenters. The van der Waals surface area contributed by atoms with Crippen LogP contribution >= 0.6 is 0 Å². The Bertz CT molecular complexity index is 535. The molecule has 5 nitrogen and oxygen atoms in total. The number of fused-ring (bicyclic) bond motifs is 1. The molecule has 1 unspecified atom stereocenters. The molecule has 1 saturated heterocycles. The van der Waals surface area contributed by atoms with Crippen LogP contribution in [-0.2, 0) is 6.54 Å². The highest BCUT2D eigenvalue weighted by Gasteiger charge is 2.16. The Balaban J connectivity index is 1.55. The largest absolute Gasteiger partial charge is 0.309 e. The number of piperidine rings is 1. The lowest BCUT2D eigenvalue weighted by Gasteiger charge is -2.29. The van der Waals surface area contributed by atoms with E-state index in [0.29, 0.717) is 0 Å². The second kappa shape index (κ2) is 5.67. The summed E-state index contributed by atoms with van der Waals surface area (Å²) in [6.07, 6.45) is 4.66. The molecule has 3 rings (SSSR count). The Morgan fingerprint density at radius 2 is 2.32 bits per heavy atom. The Morgan fingerprint density at radius 1 is 1.37 bits per heavy atom. The lowest BCUT2D eigenvalue weighted by molar-refractivity contribution is 0.206. The number of likely N-dealkylation sites (tertiary alicyclic amines) is 1. The van der Waals surface area contributed by atoms with E-state index < -0.39 is 0 Å². The molecule has 1 fully saturated rings. The fraction of sp³-hybridized carbons (Fsp3) is 0.571. The van der Waals surface area contributed by atoms with Crippen molar-refractivity contribution in [2.75, 3.05) is 26.7 Å². The molecule has 0 aromatic carbocycles. The zero-order valence-electron chi connectivity index (χ0n) is 11.4. The van der Waals surface area contributed by atoms with E-state index in [2.05, 4.69) is 27.5 Å². The minimum atomic E-state index is 0.762. The number of hydrogen-bond donors (Lipinski definition) is 1. The van der Waals surface area contributed by atoms with Gasteiger partial charge in [-0.15, -0.1) is 10.2 Å². The molecule has 19 heavy (non-hydrogen) atoms. The zero-order chi connectivity index (χ0) is 13.1. The van der Waals surface area contributed by atoms with Gasteiger partial charge in [0, 0.05) is 12.7 Å². The Hall–Kier alpha value is -1.46. The van der Waals surface area contributed by atoms with Crippen LogP contribution in [0.5, 0.6) is 0 Å². The molecule has 1 aliphatic heterocycles. The molecule has 1 N–H and O–H groups in total. The maximum Gasteiger partial charge on any atom is 0.160 e. The van der Waals surface area contributed by atoms with E-state index in [9.17, 15) is 0 Å². The minimum absolute atomic E-state index is 0.762. The first-order chi connectivity index (χ1) is 9.33. The monoisotopic (exact) mass is 259 g/mol. The molecule has 5 heteroatoms. The molecular formula is C14H21N5. The molecule has 0 aliphatic carbocycles. The van der Waals surface area contributed by atoms with E-state index >= 15 is 0 Å². The van der Waals surface area contributed by atoms with Crippen molar-refractivity contribution in [2.45, 2.75) is 19.4 Å². The molecule has 1 aliphatic rings. The maximum atomic E-state index is 4.23. The van der Waals surface area contributed by atoms with Crippen LogP contribution in [0.15, 0.2) is 24.4 Å². The van der Waals surface area contributed by atoms with Crippen LogP contribution in [0.4, 0.5) is 0 Å². The molecule has 0 bridgehead atoms. The van der Waals surface area contributed by atoms with Crippen molar-refractivity contribution in [1.29, 1.82) is 0 Å². The third-order valence-electron chi connectivity index (χ3n) is 3.82. The van der Waals surface area contributed by atoms with Crippen LogP contribution in [0, 0.1) is 5.92 Å². The smallest absolute Gasteiger partial charge is 0.160 e. The third kappa shape index (κ3) is 2.93. The van der Waals surface area contributed by atoms with Crippen LogP contribution in [0.25, 0.3) is 5.65 Å². The van der Waals surface area contributed by atoms with Crippen LogP contribution < -0.4 is 5.32 Å². The van der Waals surface area contributed by atoms with Gasteiger partial charge in [-0.2, -0.15) is 0 Å². The molecule has 0 amide bonds. The van der Waals surface area contributed by atoms with Crippen molar-refractivity contribution in [3.8, 4) is 0 Å². The van der Waals surface area contributed by atoms with Crippen molar-refractivity contribution in [2.24, 2.45) is 5.92 Å². The van der Waals surface area contributed by atoms with Gasteiger partial charge in [0.15, 0.2) is 11.5 Å². The first-order valence-electron chi connectivity index (χ1n) is 7.01. The van der Waals surface area contributed by atoms with Gasteiger partial charge in [-0.3, -0.25) is 4.40 Å². The van der Waals surface area contributed by atoms with Crippen molar-refractivity contribution < 1.29 is 0 Å². The first kappa shape index (κ1) is 12.6. The normalized spacial score (nSPS) is 21.0. The summed E-state index contributed by atoms with van der Waals surface area (Å²) < 4.78 is 2.04. The fourth-order valence-corrected chi connectivity index (χ4v) is 2.84. The third-order valence-corrected chi connectivity index (χ3v) is 3.82. The molecular weight excluding hydrogens is 238 g/mol. The lowest BCUT2D eigenvalue weighted by Crippen LogP contribution is -2.37. The molecule has 102 valence electrons. The maximum absolute atomic E-state index is 4.23. The molecule has 2 aromatic rings. The van der Waals surface area contributed by atoms with E-state index in [1.807, 2.05) is 28.8 Å². The van der Waals surface area contributed by atoms with Crippen LogP contribution in [0.3, 0.4) is 0 Å². The lowest BCUT2D eigenvalue weighted by atomic mass is 9.98. The van der Waals surface area contributed by atoms with E-state index in [1.54, 1.807) is 0 Å². The fourth-order valence-electron chi connectivity index (χ4n) is 2.84. The molecule has 0 saturated carbocycles. The average molecular weight is 259 g/mol. The Labute approximate surface area is 113 Å². The molecule has 0 radical (unpaired) electrons. The van der Waals surface area contributed by atoms with Gasteiger partial charge in [0.2, 0.25) is 0 Å². The average Bonchev–Trinajstić information content (AvgIpc) is 2.83. The van der Waals surface area contributed by atoms with Gasteiger partial charge in [-0.25, -0.2) is 0 Å². The van der Waals surface area contributed by atoms with Crippen molar-refractivity contribution in [3.05, 3.63) is 30.2 Å². The van der Waals surface area contributed by atoms with Gasteiger partial charge in [-0.05, 0) is 51.0 Å². The van der Waals surface area contributed by atoms with Crippen molar-refractivity contribution in [1.82, 2.24) is 24.8 Å². The van der Waals surface area contributed by atoms with E-state index in [1.165, 1.54) is 25.9 Å². The minimum Gasteiger partial charge on any atom is -0.309 e. The summed E-state index contributed by atoms with van der Waals surface area (Å²) in [5, 5.41) is 11.9. The van der Waals surface area contributed by atoms with Gasteiger partial charge in [0.1, 0.15) is 0 Å². The Kier molecular flexibility index (Phi) is 3.75. The van der Waals surface area contributed by atoms with Crippen LogP contribution in [0.2, 0.25) is 0 Å². The van der Waals surface area contributed by atoms with Gasteiger partial charge >= 0.3 is 0 Å². The van der Waals surface area contributed by atoms with Crippen molar-refractivity contribution >= 4 is 5.65 Å². The summed E-state index contributed by atoms with van der Waals surface area (Å²) >= 11 is 0. The summed E-state index contributed by atoms with van der Waals surface area (Å²) in [6, 6.07) is 5.97. The topological polar surface area (TPSA) is 45.5 Å². The zero-order valence-corrected chi connectivity index (χ0v) is 11.4. The predicted molar refractivity (Wildman–Crippen MR) is 74.9 cm³/mol. The van der Waals surface area contributed by atoms with Crippen molar-refractivity contribution in [3.63, 3.8) is 0 Å². The first-order valence-corrected chi connectivity index (χ1v) is 7.01.